The van der Waals surface area contributed by atoms with Gasteiger partial charge in [0.2, 0.25) is 11.8 Å². The van der Waals surface area contributed by atoms with Crippen molar-refractivity contribution in [2.75, 3.05) is 19.8 Å². The summed E-state index contributed by atoms with van der Waals surface area (Å²) in [4.78, 5) is 45.2. The summed E-state index contributed by atoms with van der Waals surface area (Å²) in [5.41, 5.74) is 0.0723. The summed E-state index contributed by atoms with van der Waals surface area (Å²) < 4.78 is 16.9. The lowest BCUT2D eigenvalue weighted by molar-refractivity contribution is -0.154. The Bertz CT molecular complexity index is 1180. The molecule has 4 rings (SSSR count). The highest BCUT2D eigenvalue weighted by molar-refractivity contribution is 5.91. The first-order valence-corrected chi connectivity index (χ1v) is 13.2. The molecule has 1 fully saturated rings. The number of nitrogens with one attached hydrogen (secondary N) is 1. The summed E-state index contributed by atoms with van der Waals surface area (Å²) in [6, 6.07) is 5.71. The van der Waals surface area contributed by atoms with Gasteiger partial charge in [-0.2, -0.15) is 0 Å². The SMILES string of the molecule is CCOC(=O)C1C[C@@H]2CN1C(=O)[C@H](C(C)(C)C)NC(=O)OCCCCC(O)c1ccc3ccnc(c3c1)O2. The van der Waals surface area contributed by atoms with Crippen molar-refractivity contribution in [3.8, 4) is 5.88 Å². The van der Waals surface area contributed by atoms with Crippen LogP contribution in [0.5, 0.6) is 5.88 Å². The molecule has 2 amide bonds. The van der Waals surface area contributed by atoms with Gasteiger partial charge in [-0.15, -0.1) is 0 Å². The Labute approximate surface area is 222 Å². The number of esters is 1. The second-order valence-corrected chi connectivity index (χ2v) is 10.9. The van der Waals surface area contributed by atoms with E-state index in [2.05, 4.69) is 10.3 Å². The van der Waals surface area contributed by atoms with Crippen LogP contribution in [0.3, 0.4) is 0 Å². The molecule has 0 saturated carbocycles. The standard InChI is InChI=1S/C28H37N3O7/c1-5-36-26(34)21-15-19-16-31(21)25(33)23(28(2,3)4)30-27(35)37-13-7-6-8-22(32)18-10-9-17-11-12-29-24(38-19)20(17)14-18/h9-12,14,19,21-23,32H,5-8,13,15-16H2,1-4H3,(H,30,35)/t19-,21?,22?,23-/m1/s1. The summed E-state index contributed by atoms with van der Waals surface area (Å²) in [6.45, 7) is 7.67. The Morgan fingerprint density at radius 3 is 2.76 bits per heavy atom. The van der Waals surface area contributed by atoms with Crippen LogP contribution in [0, 0.1) is 5.41 Å². The molecule has 2 N–H and O–H groups in total. The number of carbonyl (C=O) groups excluding carboxylic acids is 3. The van der Waals surface area contributed by atoms with Crippen molar-refractivity contribution in [2.24, 2.45) is 5.41 Å². The highest BCUT2D eigenvalue weighted by Gasteiger charge is 2.46. The fourth-order valence-electron chi connectivity index (χ4n) is 4.95. The van der Waals surface area contributed by atoms with E-state index in [4.69, 9.17) is 14.2 Å². The highest BCUT2D eigenvalue weighted by atomic mass is 16.5. The van der Waals surface area contributed by atoms with Gasteiger partial charge in [-0.25, -0.2) is 14.6 Å². The van der Waals surface area contributed by atoms with Gasteiger partial charge in [-0.3, -0.25) is 4.79 Å². The van der Waals surface area contributed by atoms with Gasteiger partial charge in [-0.1, -0.05) is 32.9 Å². The first-order chi connectivity index (χ1) is 18.1. The number of benzene rings is 1. The summed E-state index contributed by atoms with van der Waals surface area (Å²) >= 11 is 0. The lowest BCUT2D eigenvalue weighted by atomic mass is 9.85. The predicted molar refractivity (Wildman–Crippen MR) is 139 cm³/mol. The molecule has 10 heteroatoms. The van der Waals surface area contributed by atoms with Crippen molar-refractivity contribution in [1.82, 2.24) is 15.2 Å². The number of fused-ring (bicyclic) bond motifs is 3. The van der Waals surface area contributed by atoms with Crippen molar-refractivity contribution in [2.45, 2.75) is 77.7 Å². The van der Waals surface area contributed by atoms with Crippen molar-refractivity contribution < 1.29 is 33.7 Å². The van der Waals surface area contributed by atoms with Crippen LogP contribution in [-0.4, -0.2) is 70.9 Å². The fourth-order valence-corrected chi connectivity index (χ4v) is 4.95. The van der Waals surface area contributed by atoms with Crippen LogP contribution >= 0.6 is 0 Å². The average Bonchev–Trinajstić information content (AvgIpc) is 3.29. The van der Waals surface area contributed by atoms with Gasteiger partial charge < -0.3 is 29.5 Å². The van der Waals surface area contributed by atoms with Crippen molar-refractivity contribution >= 4 is 28.7 Å². The minimum Gasteiger partial charge on any atom is -0.472 e. The molecule has 0 aliphatic carbocycles. The number of hydrogen-bond acceptors (Lipinski definition) is 8. The molecule has 0 spiro atoms. The van der Waals surface area contributed by atoms with E-state index in [1.165, 1.54) is 4.90 Å². The molecule has 0 radical (unpaired) electrons. The average molecular weight is 528 g/mol. The number of amides is 2. The largest absolute Gasteiger partial charge is 0.472 e. The van der Waals surface area contributed by atoms with Gasteiger partial charge in [0.25, 0.3) is 0 Å². The number of aliphatic hydroxyl groups excluding tert-OH is 1. The van der Waals surface area contributed by atoms with Crippen LogP contribution in [0.15, 0.2) is 30.5 Å². The van der Waals surface area contributed by atoms with Gasteiger partial charge in [0.15, 0.2) is 0 Å². The third-order valence-electron chi connectivity index (χ3n) is 7.00. The van der Waals surface area contributed by atoms with Gasteiger partial charge >= 0.3 is 12.1 Å². The monoisotopic (exact) mass is 527 g/mol. The normalized spacial score (nSPS) is 25.2. The molecule has 3 heterocycles. The minimum absolute atomic E-state index is 0.117. The zero-order chi connectivity index (χ0) is 27.4. The number of carbonyl (C=O) groups is 3. The zero-order valence-corrected chi connectivity index (χ0v) is 22.4. The van der Waals surface area contributed by atoms with E-state index in [0.29, 0.717) is 25.1 Å². The van der Waals surface area contributed by atoms with E-state index in [0.717, 1.165) is 16.3 Å². The van der Waals surface area contributed by atoms with Gasteiger partial charge in [0.1, 0.15) is 18.2 Å². The Morgan fingerprint density at radius 2 is 2.03 bits per heavy atom. The topological polar surface area (TPSA) is 127 Å². The van der Waals surface area contributed by atoms with Crippen LogP contribution in [0.25, 0.3) is 10.8 Å². The molecule has 2 unspecified atom stereocenters. The lowest BCUT2D eigenvalue weighted by Gasteiger charge is -2.34. The summed E-state index contributed by atoms with van der Waals surface area (Å²) in [7, 11) is 0. The van der Waals surface area contributed by atoms with E-state index in [-0.39, 0.29) is 26.2 Å². The quantitative estimate of drug-likeness (QED) is 0.568. The van der Waals surface area contributed by atoms with Crippen LogP contribution < -0.4 is 10.1 Å². The second kappa shape index (κ2) is 11.6. The van der Waals surface area contributed by atoms with E-state index in [1.807, 2.05) is 45.0 Å². The molecule has 2 aromatic rings. The Hall–Kier alpha value is -3.40. The van der Waals surface area contributed by atoms with Crippen LogP contribution in [0.4, 0.5) is 4.79 Å². The highest BCUT2D eigenvalue weighted by Crippen LogP contribution is 2.32. The molecule has 1 saturated heterocycles. The number of hydrogen-bond donors (Lipinski definition) is 2. The third-order valence-corrected chi connectivity index (χ3v) is 7.00. The number of aromatic nitrogens is 1. The molecule has 1 aromatic carbocycles. The zero-order valence-electron chi connectivity index (χ0n) is 22.4. The maximum Gasteiger partial charge on any atom is 0.407 e. The van der Waals surface area contributed by atoms with E-state index in [9.17, 15) is 19.5 Å². The van der Waals surface area contributed by atoms with E-state index < -0.39 is 47.7 Å². The van der Waals surface area contributed by atoms with Crippen LogP contribution in [0.1, 0.15) is 65.0 Å². The smallest absolute Gasteiger partial charge is 0.407 e. The molecule has 4 atom stereocenters. The first kappa shape index (κ1) is 27.6. The number of aliphatic hydroxyl groups is 1. The molecule has 38 heavy (non-hydrogen) atoms. The molecular formula is C28H37N3O7. The molecule has 2 aliphatic rings. The van der Waals surface area contributed by atoms with Gasteiger partial charge in [-0.05, 0) is 54.7 Å². The molecule has 4 bridgehead atoms. The van der Waals surface area contributed by atoms with Crippen molar-refractivity contribution in [3.05, 3.63) is 36.0 Å². The number of pyridine rings is 1. The molecule has 1 aromatic heterocycles. The predicted octanol–water partition coefficient (Wildman–Crippen LogP) is 3.50. The summed E-state index contributed by atoms with van der Waals surface area (Å²) in [5, 5.41) is 15.1. The lowest BCUT2D eigenvalue weighted by Crippen LogP contribution is -2.57. The van der Waals surface area contributed by atoms with Crippen LogP contribution in [0.2, 0.25) is 0 Å². The number of rotatable bonds is 2. The summed E-state index contributed by atoms with van der Waals surface area (Å²) in [5.74, 6) is -0.561. The van der Waals surface area contributed by atoms with E-state index >= 15 is 0 Å². The van der Waals surface area contributed by atoms with Crippen molar-refractivity contribution in [1.29, 1.82) is 0 Å². The number of alkyl carbamates (subject to hydrolysis) is 1. The molecule has 10 nitrogen and oxygen atoms in total. The van der Waals surface area contributed by atoms with Crippen LogP contribution in [-0.2, 0) is 19.1 Å². The maximum absolute atomic E-state index is 13.8. The molecule has 206 valence electrons. The minimum atomic E-state index is -0.940. The maximum atomic E-state index is 13.8. The third kappa shape index (κ3) is 6.18. The number of ether oxygens (including phenoxy) is 3. The van der Waals surface area contributed by atoms with Gasteiger partial charge in [0.05, 0.1) is 25.9 Å². The first-order valence-electron chi connectivity index (χ1n) is 13.2. The fraction of sp³-hybridized carbons (Fsp3) is 0.571. The second-order valence-electron chi connectivity index (χ2n) is 10.9. The Balaban J connectivity index is 1.72. The van der Waals surface area contributed by atoms with Crippen molar-refractivity contribution in [3.63, 3.8) is 0 Å². The Kier molecular flexibility index (Phi) is 8.40. The summed E-state index contributed by atoms with van der Waals surface area (Å²) in [6.07, 6.45) is 1.61. The Morgan fingerprint density at radius 1 is 1.24 bits per heavy atom. The molecular weight excluding hydrogens is 490 g/mol. The molecule has 2 aliphatic heterocycles. The van der Waals surface area contributed by atoms with E-state index in [1.54, 1.807) is 13.1 Å². The number of nitrogens with zero attached hydrogens (tertiary/aromatic N) is 2. The number of cyclic esters (lactones) is 1. The van der Waals surface area contributed by atoms with Gasteiger partial charge in [0, 0.05) is 18.0 Å².